The van der Waals surface area contributed by atoms with Crippen LogP contribution in [-0.2, 0) is 23.9 Å². The van der Waals surface area contributed by atoms with Gasteiger partial charge in [-0.2, -0.15) is 10.2 Å². The van der Waals surface area contributed by atoms with E-state index in [2.05, 4.69) is 31.5 Å². The second-order valence-corrected chi connectivity index (χ2v) is 13.0. The van der Waals surface area contributed by atoms with Crippen molar-refractivity contribution in [3.05, 3.63) is 58.6 Å². The number of nitro benzene ring substituents is 1. The number of amides is 3. The van der Waals surface area contributed by atoms with Crippen LogP contribution < -0.4 is 26.2 Å². The van der Waals surface area contributed by atoms with Crippen molar-refractivity contribution in [1.82, 2.24) is 26.2 Å². The maximum Gasteiger partial charge on any atom is 0.306 e. The van der Waals surface area contributed by atoms with Gasteiger partial charge in [0.15, 0.2) is 0 Å². The fourth-order valence-corrected chi connectivity index (χ4v) is 6.37. The van der Waals surface area contributed by atoms with Crippen LogP contribution in [0.4, 0.5) is 22.7 Å². The molecule has 52 heavy (non-hydrogen) atoms. The highest BCUT2D eigenvalue weighted by Gasteiger charge is 2.40. The Hall–Kier alpha value is -5.04. The Labute approximate surface area is 300 Å². The Balaban J connectivity index is 1.06. The molecule has 0 unspecified atom stereocenters. The van der Waals surface area contributed by atoms with E-state index in [-0.39, 0.29) is 68.8 Å². The number of rotatable bonds is 15. The van der Waals surface area contributed by atoms with Gasteiger partial charge in [-0.25, -0.2) is 0 Å². The molecule has 3 saturated heterocycles. The molecule has 3 aliphatic heterocycles. The van der Waals surface area contributed by atoms with Gasteiger partial charge in [0.2, 0.25) is 17.7 Å². The number of β-amino-alcohol motifs (C(OH)–C–C–N with tert-alkyl or cyclic N) is 2. The van der Waals surface area contributed by atoms with Crippen LogP contribution in [0.3, 0.4) is 0 Å². The third-order valence-corrected chi connectivity index (χ3v) is 9.28. The number of carbonyl (C=O) groups excluding carboxylic acids is 4. The average Bonchev–Trinajstić information content (AvgIpc) is 3.88. The Kier molecular flexibility index (Phi) is 13.2. The van der Waals surface area contributed by atoms with Gasteiger partial charge in [0.1, 0.15) is 6.61 Å². The molecule has 3 amide bonds. The third kappa shape index (κ3) is 10.5. The van der Waals surface area contributed by atoms with Crippen molar-refractivity contribution < 1.29 is 39.1 Å². The van der Waals surface area contributed by atoms with E-state index in [0.29, 0.717) is 37.6 Å². The van der Waals surface area contributed by atoms with E-state index in [1.54, 1.807) is 12.1 Å². The molecule has 0 bridgehead atoms. The first kappa shape index (κ1) is 38.2. The lowest BCUT2D eigenvalue weighted by Crippen LogP contribution is -2.56. The average molecular weight is 724 g/mol. The molecule has 0 spiro atoms. The Morgan fingerprint density at radius 1 is 0.885 bits per heavy atom. The molecule has 6 atom stereocenters. The highest BCUT2D eigenvalue weighted by molar-refractivity contribution is 5.85. The lowest BCUT2D eigenvalue weighted by atomic mass is 10.1. The summed E-state index contributed by atoms with van der Waals surface area (Å²) in [5.74, 6) is -1.53. The molecule has 3 aliphatic rings. The predicted octanol–water partition coefficient (Wildman–Crippen LogP) is 0.417. The van der Waals surface area contributed by atoms with E-state index >= 15 is 0 Å². The summed E-state index contributed by atoms with van der Waals surface area (Å²) < 4.78 is 5.43. The summed E-state index contributed by atoms with van der Waals surface area (Å²) in [5, 5.41) is 50.5. The number of benzene rings is 2. The van der Waals surface area contributed by atoms with Crippen LogP contribution in [0.2, 0.25) is 0 Å². The summed E-state index contributed by atoms with van der Waals surface area (Å²) in [6, 6.07) is 10.7. The third-order valence-electron chi connectivity index (χ3n) is 9.28. The highest BCUT2D eigenvalue weighted by Crippen LogP contribution is 2.24. The SMILES string of the molecule is CCN(CCOC(=O)CCC(=O)N1C[C@@H](NC(=O)[C@@H]2C[C@@H](O)CN2)[C@H](NC(=O)[C@@H]2C[C@@H](O)CN2)C1)c1ccc(N=Nc2ccc([N+](=O)[O-])cc2)cc1. The van der Waals surface area contributed by atoms with Crippen molar-refractivity contribution in [2.24, 2.45) is 10.2 Å². The maximum absolute atomic E-state index is 13.2. The molecule has 0 saturated carbocycles. The number of nitrogens with zero attached hydrogens (tertiary/aromatic N) is 5. The summed E-state index contributed by atoms with van der Waals surface area (Å²) >= 11 is 0. The number of likely N-dealkylation sites (N-methyl/N-ethyl adjacent to an activating group) is 1. The summed E-state index contributed by atoms with van der Waals surface area (Å²) in [7, 11) is 0. The maximum atomic E-state index is 13.2. The quantitative estimate of drug-likeness (QED) is 0.0634. The number of carbonyl (C=O) groups is 4. The minimum absolute atomic E-state index is 0.0287. The largest absolute Gasteiger partial charge is 0.464 e. The summed E-state index contributed by atoms with van der Waals surface area (Å²) in [4.78, 5) is 65.4. The lowest BCUT2D eigenvalue weighted by Gasteiger charge is -2.23. The first-order valence-corrected chi connectivity index (χ1v) is 17.4. The first-order valence-electron chi connectivity index (χ1n) is 17.4. The van der Waals surface area contributed by atoms with Gasteiger partial charge in [0.25, 0.3) is 5.69 Å². The van der Waals surface area contributed by atoms with Gasteiger partial charge in [0, 0.05) is 57.0 Å². The van der Waals surface area contributed by atoms with Gasteiger partial charge in [-0.3, -0.25) is 29.3 Å². The van der Waals surface area contributed by atoms with E-state index in [4.69, 9.17) is 4.74 Å². The van der Waals surface area contributed by atoms with Crippen molar-refractivity contribution >= 4 is 46.4 Å². The number of hydrogen-bond donors (Lipinski definition) is 6. The summed E-state index contributed by atoms with van der Waals surface area (Å²) in [6.07, 6.45) is -1.00. The van der Waals surface area contributed by atoms with Crippen LogP contribution in [0.25, 0.3) is 0 Å². The van der Waals surface area contributed by atoms with Gasteiger partial charge in [-0.1, -0.05) is 0 Å². The minimum atomic E-state index is -0.633. The van der Waals surface area contributed by atoms with E-state index < -0.39 is 47.3 Å². The van der Waals surface area contributed by atoms with Crippen molar-refractivity contribution in [2.75, 3.05) is 50.8 Å². The number of aliphatic hydroxyl groups excluding tert-OH is 2. The van der Waals surface area contributed by atoms with Crippen LogP contribution in [0.5, 0.6) is 0 Å². The molecule has 280 valence electrons. The number of anilines is 1. The molecule has 2 aromatic rings. The van der Waals surface area contributed by atoms with Crippen LogP contribution in [0.15, 0.2) is 58.8 Å². The van der Waals surface area contributed by atoms with Crippen molar-refractivity contribution in [2.45, 2.75) is 69.0 Å². The molecule has 0 radical (unpaired) electrons. The smallest absolute Gasteiger partial charge is 0.306 e. The number of non-ortho nitro benzene ring substituents is 1. The molecule has 3 fully saturated rings. The van der Waals surface area contributed by atoms with Gasteiger partial charge in [-0.05, 0) is 56.2 Å². The van der Waals surface area contributed by atoms with Crippen LogP contribution in [-0.4, -0.2) is 126 Å². The number of likely N-dealkylation sites (tertiary alicyclic amines) is 1. The Bertz CT molecular complexity index is 1570. The molecule has 2 aromatic carbocycles. The van der Waals surface area contributed by atoms with Gasteiger partial charge >= 0.3 is 5.97 Å². The van der Waals surface area contributed by atoms with Gasteiger partial charge in [0.05, 0.1) is 65.6 Å². The van der Waals surface area contributed by atoms with Crippen molar-refractivity contribution in [1.29, 1.82) is 0 Å². The number of hydrogen-bond acceptors (Lipinski definition) is 14. The fraction of sp³-hybridized carbons (Fsp3) is 0.529. The van der Waals surface area contributed by atoms with Crippen molar-refractivity contribution in [3.63, 3.8) is 0 Å². The topological polar surface area (TPSA) is 240 Å². The highest BCUT2D eigenvalue weighted by atomic mass is 16.6. The van der Waals surface area contributed by atoms with E-state index in [9.17, 15) is 39.5 Å². The van der Waals surface area contributed by atoms with Crippen LogP contribution in [0.1, 0.15) is 32.6 Å². The molecule has 0 aliphatic carbocycles. The zero-order valence-corrected chi connectivity index (χ0v) is 28.8. The van der Waals surface area contributed by atoms with Crippen molar-refractivity contribution in [3.8, 4) is 0 Å². The van der Waals surface area contributed by atoms with Gasteiger partial charge < -0.3 is 46.0 Å². The second kappa shape index (κ2) is 17.9. The number of nitro groups is 1. The zero-order chi connectivity index (χ0) is 37.2. The van der Waals surface area contributed by atoms with E-state index in [1.807, 2.05) is 24.0 Å². The second-order valence-electron chi connectivity index (χ2n) is 13.0. The number of ether oxygens (including phenoxy) is 1. The molecule has 18 heteroatoms. The van der Waals surface area contributed by atoms with Crippen LogP contribution in [0, 0.1) is 10.1 Å². The van der Waals surface area contributed by atoms with E-state index in [0.717, 1.165) is 5.69 Å². The van der Waals surface area contributed by atoms with Crippen LogP contribution >= 0.6 is 0 Å². The molecule has 0 aromatic heterocycles. The Morgan fingerprint density at radius 2 is 1.40 bits per heavy atom. The molecule has 5 rings (SSSR count). The predicted molar refractivity (Wildman–Crippen MR) is 187 cm³/mol. The molecule has 18 nitrogen and oxygen atoms in total. The number of esters is 1. The molecule has 3 heterocycles. The van der Waals surface area contributed by atoms with Gasteiger partial charge in [-0.15, -0.1) is 0 Å². The zero-order valence-electron chi connectivity index (χ0n) is 28.8. The molecular formula is C34H45N9O9. The first-order chi connectivity index (χ1) is 25.0. The molecule has 6 N–H and O–H groups in total. The standard InChI is InChI=1S/C34H45N9O9/c1-2-41(23-7-3-21(4-8-23)39-40-22-5-9-24(10-6-22)43(50)51)13-14-52-32(47)12-11-31(46)42-19-29(37-33(48)27-15-25(44)17-35-27)30(20-42)38-34(49)28-16-26(45)18-36-28/h3-10,25-30,35-36,44-45H,2,11-20H2,1H3,(H,37,48)(H,38,49)/t25-,26-,27+,28+,29-,30-/m1/s1. The normalized spacial score (nSPS) is 24.2. The number of aliphatic hydroxyl groups is 2. The number of nitrogens with one attached hydrogen (secondary N) is 4. The summed E-state index contributed by atoms with van der Waals surface area (Å²) in [5.41, 5.74) is 1.92. The van der Waals surface area contributed by atoms with E-state index in [1.165, 1.54) is 29.2 Å². The minimum Gasteiger partial charge on any atom is -0.464 e. The summed E-state index contributed by atoms with van der Waals surface area (Å²) in [6.45, 7) is 3.96. The monoisotopic (exact) mass is 723 g/mol. The lowest BCUT2D eigenvalue weighted by molar-refractivity contribution is -0.384. The molecular weight excluding hydrogens is 678 g/mol. The fourth-order valence-electron chi connectivity index (χ4n) is 6.37. The Morgan fingerprint density at radius 3 is 1.87 bits per heavy atom. The number of azo groups is 1.